The van der Waals surface area contributed by atoms with Crippen molar-refractivity contribution in [3.8, 4) is 0 Å². The minimum Gasteiger partial charge on any atom is -0.385 e. The van der Waals surface area contributed by atoms with Crippen molar-refractivity contribution in [1.29, 1.82) is 0 Å². The van der Waals surface area contributed by atoms with E-state index in [9.17, 15) is 0 Å². The molecule has 2 aromatic carbocycles. The molecule has 0 atom stereocenters. The molecule has 2 aliphatic heterocycles. The van der Waals surface area contributed by atoms with Gasteiger partial charge in [-0.2, -0.15) is 0 Å². The van der Waals surface area contributed by atoms with E-state index in [1.807, 2.05) is 18.3 Å². The van der Waals surface area contributed by atoms with Gasteiger partial charge in [-0.15, -0.1) is 0 Å². The third kappa shape index (κ3) is 4.48. The molecule has 4 rings (SSSR count). The molecule has 2 aromatic rings. The minimum absolute atomic E-state index is 0.527. The maximum Gasteiger partial charge on any atom is 0.0647 e. The van der Waals surface area contributed by atoms with Crippen LogP contribution in [0.5, 0.6) is 0 Å². The predicted octanol–water partition coefficient (Wildman–Crippen LogP) is 5.61. The Bertz CT molecular complexity index is 826. The summed E-state index contributed by atoms with van der Waals surface area (Å²) in [5.41, 5.74) is 4.99. The molecule has 0 bridgehead atoms. The van der Waals surface area contributed by atoms with Crippen molar-refractivity contribution in [3.05, 3.63) is 63.1 Å². The number of aliphatic imine (C=N–C) groups is 1. The van der Waals surface area contributed by atoms with Crippen molar-refractivity contribution >= 4 is 35.1 Å². The van der Waals surface area contributed by atoms with Crippen LogP contribution in [-0.2, 0) is 6.54 Å². The Kier molecular flexibility index (Phi) is 6.01. The van der Waals surface area contributed by atoms with Crippen molar-refractivity contribution < 1.29 is 0 Å². The zero-order valence-electron chi connectivity index (χ0n) is 15.4. The number of hydrogen-bond acceptors (Lipinski definition) is 3. The van der Waals surface area contributed by atoms with Crippen LogP contribution in [-0.4, -0.2) is 37.3 Å². The third-order valence-electron chi connectivity index (χ3n) is 5.62. The number of benzene rings is 2. The minimum atomic E-state index is 0.527. The number of nitrogens with one attached hydrogen (secondary N) is 1. The van der Waals surface area contributed by atoms with E-state index >= 15 is 0 Å². The molecule has 0 amide bonds. The smallest absolute Gasteiger partial charge is 0.0647 e. The highest BCUT2D eigenvalue weighted by molar-refractivity contribution is 6.42. The van der Waals surface area contributed by atoms with Crippen LogP contribution in [0.2, 0.25) is 10.0 Å². The second-order valence-corrected chi connectivity index (χ2v) is 8.21. The first-order valence-corrected chi connectivity index (χ1v) is 10.5. The lowest BCUT2D eigenvalue weighted by atomic mass is 9.89. The molecule has 0 aliphatic carbocycles. The van der Waals surface area contributed by atoms with Gasteiger partial charge in [0.05, 0.1) is 16.6 Å². The molecule has 0 aromatic heterocycles. The standard InChI is InChI=1S/C22H25Cl2N3/c23-21-4-1-3-20(22(21)24)16-7-11-27(12-8-16)10-2-9-26-19-6-5-17-14-25-15-18(17)13-19/h1,3-6,13-14,16,26H,2,7-12,15H2. The van der Waals surface area contributed by atoms with Gasteiger partial charge in [0.25, 0.3) is 0 Å². The Morgan fingerprint density at radius 3 is 2.81 bits per heavy atom. The molecular weight excluding hydrogens is 377 g/mol. The van der Waals surface area contributed by atoms with E-state index in [-0.39, 0.29) is 0 Å². The maximum absolute atomic E-state index is 6.40. The quantitative estimate of drug-likeness (QED) is 0.637. The molecule has 1 saturated heterocycles. The summed E-state index contributed by atoms with van der Waals surface area (Å²) in [6, 6.07) is 12.5. The molecule has 27 heavy (non-hydrogen) atoms. The van der Waals surface area contributed by atoms with E-state index < -0.39 is 0 Å². The summed E-state index contributed by atoms with van der Waals surface area (Å²) in [5, 5.41) is 4.95. The van der Waals surface area contributed by atoms with Gasteiger partial charge in [0.2, 0.25) is 0 Å². The number of halogens is 2. The third-order valence-corrected chi connectivity index (χ3v) is 6.46. The van der Waals surface area contributed by atoms with Crippen LogP contribution < -0.4 is 5.32 Å². The Hall–Kier alpha value is -1.55. The van der Waals surface area contributed by atoms with Crippen LogP contribution in [0.4, 0.5) is 5.69 Å². The summed E-state index contributed by atoms with van der Waals surface area (Å²) < 4.78 is 0. The van der Waals surface area contributed by atoms with Gasteiger partial charge in [-0.25, -0.2) is 0 Å². The second kappa shape index (κ2) is 8.64. The van der Waals surface area contributed by atoms with Crippen molar-refractivity contribution in [3.63, 3.8) is 0 Å². The van der Waals surface area contributed by atoms with Gasteiger partial charge in [0.15, 0.2) is 0 Å². The molecule has 2 aliphatic rings. The monoisotopic (exact) mass is 401 g/mol. The SMILES string of the molecule is Clc1cccc(C2CCN(CCCNc3ccc4c(c3)CN=C4)CC2)c1Cl. The molecular formula is C22H25Cl2N3. The topological polar surface area (TPSA) is 27.6 Å². The van der Waals surface area contributed by atoms with E-state index in [0.29, 0.717) is 10.9 Å². The fourth-order valence-electron chi connectivity index (χ4n) is 4.06. The number of piperidine rings is 1. The molecule has 0 unspecified atom stereocenters. The number of fused-ring (bicyclic) bond motifs is 1. The van der Waals surface area contributed by atoms with Gasteiger partial charge < -0.3 is 10.2 Å². The number of hydrogen-bond donors (Lipinski definition) is 1. The number of anilines is 1. The van der Waals surface area contributed by atoms with E-state index in [4.69, 9.17) is 23.2 Å². The van der Waals surface area contributed by atoms with Gasteiger partial charge in [0, 0.05) is 18.4 Å². The van der Waals surface area contributed by atoms with Crippen molar-refractivity contribution in [2.75, 3.05) is 31.5 Å². The summed E-state index contributed by atoms with van der Waals surface area (Å²) in [4.78, 5) is 6.88. The largest absolute Gasteiger partial charge is 0.385 e. The van der Waals surface area contributed by atoms with Crippen LogP contribution in [0.1, 0.15) is 41.9 Å². The van der Waals surface area contributed by atoms with Gasteiger partial charge in [-0.1, -0.05) is 41.4 Å². The highest BCUT2D eigenvalue weighted by atomic mass is 35.5. The van der Waals surface area contributed by atoms with Crippen LogP contribution in [0.15, 0.2) is 41.4 Å². The average molecular weight is 402 g/mol. The summed E-state index contributed by atoms with van der Waals surface area (Å²) in [5.74, 6) is 0.527. The zero-order valence-corrected chi connectivity index (χ0v) is 16.9. The number of likely N-dealkylation sites (tertiary alicyclic amines) is 1. The zero-order chi connectivity index (χ0) is 18.6. The van der Waals surface area contributed by atoms with Gasteiger partial charge in [0.1, 0.15) is 0 Å². The van der Waals surface area contributed by atoms with E-state index in [2.05, 4.69) is 39.5 Å². The summed E-state index contributed by atoms with van der Waals surface area (Å²) in [6.45, 7) is 5.21. The average Bonchev–Trinajstić information content (AvgIpc) is 3.16. The summed E-state index contributed by atoms with van der Waals surface area (Å²) in [7, 11) is 0. The van der Waals surface area contributed by atoms with Crippen molar-refractivity contribution in [2.45, 2.75) is 31.7 Å². The highest BCUT2D eigenvalue weighted by Gasteiger charge is 2.22. The lowest BCUT2D eigenvalue weighted by Crippen LogP contribution is -2.34. The number of rotatable bonds is 6. The molecule has 0 spiro atoms. The molecule has 1 N–H and O–H groups in total. The van der Waals surface area contributed by atoms with Crippen LogP contribution in [0, 0.1) is 0 Å². The van der Waals surface area contributed by atoms with E-state index in [1.54, 1.807) is 0 Å². The Morgan fingerprint density at radius 2 is 1.96 bits per heavy atom. The Morgan fingerprint density at radius 1 is 1.11 bits per heavy atom. The first-order chi connectivity index (χ1) is 13.2. The number of nitrogens with zero attached hydrogens (tertiary/aromatic N) is 2. The van der Waals surface area contributed by atoms with E-state index in [1.165, 1.54) is 22.4 Å². The highest BCUT2D eigenvalue weighted by Crippen LogP contribution is 2.36. The predicted molar refractivity (Wildman–Crippen MR) is 116 cm³/mol. The lowest BCUT2D eigenvalue weighted by molar-refractivity contribution is 0.212. The van der Waals surface area contributed by atoms with E-state index in [0.717, 1.165) is 57.0 Å². The second-order valence-electron chi connectivity index (χ2n) is 7.42. The molecule has 3 nitrogen and oxygen atoms in total. The summed E-state index contributed by atoms with van der Waals surface area (Å²) in [6.07, 6.45) is 5.41. The Labute approximate surface area is 171 Å². The van der Waals surface area contributed by atoms with Crippen LogP contribution in [0.25, 0.3) is 0 Å². The van der Waals surface area contributed by atoms with Crippen molar-refractivity contribution in [1.82, 2.24) is 4.90 Å². The van der Waals surface area contributed by atoms with Crippen LogP contribution in [0.3, 0.4) is 0 Å². The summed E-state index contributed by atoms with van der Waals surface area (Å²) >= 11 is 12.6. The lowest BCUT2D eigenvalue weighted by Gasteiger charge is -2.32. The van der Waals surface area contributed by atoms with Gasteiger partial charge >= 0.3 is 0 Å². The maximum atomic E-state index is 6.40. The molecule has 5 heteroatoms. The molecule has 1 fully saturated rings. The molecule has 0 saturated carbocycles. The fraction of sp³-hybridized carbons (Fsp3) is 0.409. The van der Waals surface area contributed by atoms with Gasteiger partial charge in [-0.05, 0) is 79.7 Å². The van der Waals surface area contributed by atoms with Crippen molar-refractivity contribution in [2.24, 2.45) is 4.99 Å². The molecule has 2 heterocycles. The normalized spacial score (nSPS) is 17.3. The Balaban J connectivity index is 1.19. The first kappa shape index (κ1) is 18.8. The van der Waals surface area contributed by atoms with Crippen LogP contribution >= 0.6 is 23.2 Å². The van der Waals surface area contributed by atoms with Gasteiger partial charge in [-0.3, -0.25) is 4.99 Å². The first-order valence-electron chi connectivity index (χ1n) is 9.73. The fourth-order valence-corrected chi connectivity index (χ4v) is 4.52. The molecule has 142 valence electrons. The molecule has 0 radical (unpaired) electrons.